The van der Waals surface area contributed by atoms with Crippen molar-refractivity contribution in [3.8, 4) is 11.5 Å². The molecule has 2 aliphatic rings. The van der Waals surface area contributed by atoms with Crippen molar-refractivity contribution < 1.29 is 23.8 Å². The molecule has 190 valence electrons. The number of aromatic nitrogens is 2. The minimum atomic E-state index is -0.339. The number of amides is 2. The van der Waals surface area contributed by atoms with E-state index in [4.69, 9.17) is 14.2 Å². The molecule has 1 aliphatic heterocycles. The summed E-state index contributed by atoms with van der Waals surface area (Å²) in [5.41, 5.74) is 3.53. The molecule has 9 heteroatoms. The fourth-order valence-electron chi connectivity index (χ4n) is 4.96. The zero-order chi connectivity index (χ0) is 25.1. The molecule has 1 aliphatic carbocycles. The molecule has 1 aromatic heterocycles. The van der Waals surface area contributed by atoms with Crippen LogP contribution in [-0.4, -0.2) is 77.4 Å². The topological polar surface area (TPSA) is 86.1 Å². The molecule has 4 rings (SSSR count). The molecule has 0 radical (unpaired) electrons. The predicted octanol–water partition coefficient (Wildman–Crippen LogP) is 2.59. The van der Waals surface area contributed by atoms with Crippen LogP contribution in [0.5, 0.6) is 11.5 Å². The third-order valence-electron chi connectivity index (χ3n) is 6.80. The fourth-order valence-corrected chi connectivity index (χ4v) is 4.96. The Bertz CT molecular complexity index is 1060. The number of aryl methyl sites for hydroxylation is 2. The van der Waals surface area contributed by atoms with Crippen molar-refractivity contribution >= 4 is 11.8 Å². The van der Waals surface area contributed by atoms with Gasteiger partial charge in [-0.05, 0) is 57.2 Å². The lowest BCUT2D eigenvalue weighted by Crippen LogP contribution is -2.42. The number of methoxy groups -OCH3 is 2. The lowest BCUT2D eigenvalue weighted by atomic mass is 9.95. The van der Waals surface area contributed by atoms with E-state index in [1.54, 1.807) is 28.7 Å². The second-order valence-corrected chi connectivity index (χ2v) is 9.58. The van der Waals surface area contributed by atoms with Gasteiger partial charge in [0.05, 0.1) is 32.6 Å². The van der Waals surface area contributed by atoms with Crippen LogP contribution in [0.2, 0.25) is 0 Å². The predicted molar refractivity (Wildman–Crippen MR) is 131 cm³/mol. The maximum atomic E-state index is 13.7. The number of nitrogens with zero attached hydrogens (tertiary/aromatic N) is 4. The Kier molecular flexibility index (Phi) is 7.64. The Morgan fingerprint density at radius 1 is 1.09 bits per heavy atom. The number of carbonyl (C=O) groups excluding carboxylic acids is 2. The van der Waals surface area contributed by atoms with Gasteiger partial charge in [0.15, 0.2) is 0 Å². The molecule has 1 aromatic carbocycles. The van der Waals surface area contributed by atoms with Crippen LogP contribution in [0.25, 0.3) is 0 Å². The van der Waals surface area contributed by atoms with Crippen molar-refractivity contribution in [2.24, 2.45) is 7.05 Å². The number of fused-ring (bicyclic) bond motifs is 1. The number of hydrogen-bond donors (Lipinski definition) is 0. The Hall–Kier alpha value is -3.07. The first-order chi connectivity index (χ1) is 16.8. The standard InChI is InChI=1S/C26H36N4O5/c1-17(2)30-14-21(35-16-18-10-19(33-4)12-20(11-18)34-5)13-29(15-24(30)31)26(32)25-22-8-6-7-9-23(22)27-28(25)3/h10-12,17,21H,6-9,13-16H2,1-5H3. The molecule has 1 fully saturated rings. The highest BCUT2D eigenvalue weighted by Crippen LogP contribution is 2.26. The van der Waals surface area contributed by atoms with E-state index < -0.39 is 0 Å². The highest BCUT2D eigenvalue weighted by molar-refractivity contribution is 5.97. The molecule has 35 heavy (non-hydrogen) atoms. The van der Waals surface area contributed by atoms with Gasteiger partial charge in [-0.25, -0.2) is 0 Å². The molecule has 0 saturated carbocycles. The average Bonchev–Trinajstić information content (AvgIpc) is 3.08. The lowest BCUT2D eigenvalue weighted by Gasteiger charge is -2.27. The van der Waals surface area contributed by atoms with E-state index in [0.29, 0.717) is 36.9 Å². The van der Waals surface area contributed by atoms with Crippen molar-refractivity contribution in [1.29, 1.82) is 0 Å². The van der Waals surface area contributed by atoms with Crippen molar-refractivity contribution in [3.63, 3.8) is 0 Å². The monoisotopic (exact) mass is 484 g/mol. The van der Waals surface area contributed by atoms with E-state index in [1.165, 1.54) is 0 Å². The lowest BCUT2D eigenvalue weighted by molar-refractivity contribution is -0.133. The van der Waals surface area contributed by atoms with Crippen LogP contribution in [0.4, 0.5) is 0 Å². The highest BCUT2D eigenvalue weighted by atomic mass is 16.5. The smallest absolute Gasteiger partial charge is 0.272 e. The average molecular weight is 485 g/mol. The molecule has 2 amide bonds. The molecule has 1 unspecified atom stereocenters. The fraction of sp³-hybridized carbons (Fsp3) is 0.577. The van der Waals surface area contributed by atoms with Crippen molar-refractivity contribution in [2.45, 2.75) is 58.3 Å². The van der Waals surface area contributed by atoms with E-state index in [0.717, 1.165) is 42.5 Å². The second kappa shape index (κ2) is 10.7. The van der Waals surface area contributed by atoms with Crippen LogP contribution in [0, 0.1) is 0 Å². The largest absolute Gasteiger partial charge is 0.497 e. The van der Waals surface area contributed by atoms with Crippen LogP contribution >= 0.6 is 0 Å². The quantitative estimate of drug-likeness (QED) is 0.601. The molecular formula is C26H36N4O5. The molecule has 9 nitrogen and oxygen atoms in total. The summed E-state index contributed by atoms with van der Waals surface area (Å²) in [5, 5.41) is 4.60. The van der Waals surface area contributed by atoms with Crippen LogP contribution < -0.4 is 9.47 Å². The Morgan fingerprint density at radius 2 is 1.77 bits per heavy atom. The summed E-state index contributed by atoms with van der Waals surface area (Å²) in [4.78, 5) is 30.3. The Labute approximate surface area is 206 Å². The minimum Gasteiger partial charge on any atom is -0.497 e. The third kappa shape index (κ3) is 5.45. The summed E-state index contributed by atoms with van der Waals surface area (Å²) < 4.78 is 18.7. The van der Waals surface area contributed by atoms with Gasteiger partial charge in [0, 0.05) is 37.8 Å². The van der Waals surface area contributed by atoms with Gasteiger partial charge in [-0.15, -0.1) is 0 Å². The maximum absolute atomic E-state index is 13.7. The van der Waals surface area contributed by atoms with Crippen LogP contribution in [-0.2, 0) is 36.0 Å². The number of ether oxygens (including phenoxy) is 3. The Morgan fingerprint density at radius 3 is 2.43 bits per heavy atom. The second-order valence-electron chi connectivity index (χ2n) is 9.58. The summed E-state index contributed by atoms with van der Waals surface area (Å²) >= 11 is 0. The zero-order valence-electron chi connectivity index (χ0n) is 21.4. The number of carbonyl (C=O) groups is 2. The first-order valence-electron chi connectivity index (χ1n) is 12.3. The van der Waals surface area contributed by atoms with Crippen molar-refractivity contribution in [3.05, 3.63) is 40.7 Å². The van der Waals surface area contributed by atoms with Gasteiger partial charge < -0.3 is 24.0 Å². The van der Waals surface area contributed by atoms with E-state index in [1.807, 2.05) is 39.1 Å². The van der Waals surface area contributed by atoms with Gasteiger partial charge in [-0.1, -0.05) is 0 Å². The number of benzene rings is 1. The molecule has 2 heterocycles. The summed E-state index contributed by atoms with van der Waals surface area (Å²) in [5.74, 6) is 1.14. The minimum absolute atomic E-state index is 0.00466. The van der Waals surface area contributed by atoms with E-state index >= 15 is 0 Å². The Balaban J connectivity index is 1.56. The molecule has 1 atom stereocenters. The number of hydrogen-bond acceptors (Lipinski definition) is 6. The molecular weight excluding hydrogens is 448 g/mol. The summed E-state index contributed by atoms with van der Waals surface area (Å²) in [6.45, 7) is 5.05. The summed E-state index contributed by atoms with van der Waals surface area (Å²) in [6, 6.07) is 5.61. The van der Waals surface area contributed by atoms with Crippen LogP contribution in [0.1, 0.15) is 54.0 Å². The van der Waals surface area contributed by atoms with Crippen molar-refractivity contribution in [2.75, 3.05) is 33.9 Å². The number of rotatable bonds is 7. The highest BCUT2D eigenvalue weighted by Gasteiger charge is 2.35. The van der Waals surface area contributed by atoms with Crippen LogP contribution in [0.15, 0.2) is 18.2 Å². The van der Waals surface area contributed by atoms with Gasteiger partial charge in [0.1, 0.15) is 23.7 Å². The van der Waals surface area contributed by atoms with Crippen LogP contribution in [0.3, 0.4) is 0 Å². The van der Waals surface area contributed by atoms with Crippen molar-refractivity contribution in [1.82, 2.24) is 19.6 Å². The molecule has 0 N–H and O–H groups in total. The van der Waals surface area contributed by atoms with E-state index in [-0.39, 0.29) is 30.5 Å². The summed E-state index contributed by atoms with van der Waals surface area (Å²) in [7, 11) is 5.03. The molecule has 2 aromatic rings. The van der Waals surface area contributed by atoms with Gasteiger partial charge >= 0.3 is 0 Å². The van der Waals surface area contributed by atoms with Gasteiger partial charge in [-0.2, -0.15) is 5.10 Å². The first-order valence-corrected chi connectivity index (χ1v) is 12.3. The molecule has 1 saturated heterocycles. The maximum Gasteiger partial charge on any atom is 0.272 e. The SMILES string of the molecule is COc1cc(COC2CN(C(=O)c3c4c(nn3C)CCCC4)CC(=O)N(C(C)C)C2)cc(OC)c1. The van der Waals surface area contributed by atoms with E-state index in [2.05, 4.69) is 5.10 Å². The van der Waals surface area contributed by atoms with Gasteiger partial charge in [-0.3, -0.25) is 14.3 Å². The first kappa shape index (κ1) is 25.0. The van der Waals surface area contributed by atoms with Gasteiger partial charge in [0.25, 0.3) is 5.91 Å². The third-order valence-corrected chi connectivity index (χ3v) is 6.80. The van der Waals surface area contributed by atoms with E-state index in [9.17, 15) is 9.59 Å². The molecule has 0 spiro atoms. The zero-order valence-corrected chi connectivity index (χ0v) is 21.4. The van der Waals surface area contributed by atoms with Gasteiger partial charge in [0.2, 0.25) is 5.91 Å². The summed E-state index contributed by atoms with van der Waals surface area (Å²) in [6.07, 6.45) is 3.55. The molecule has 0 bridgehead atoms. The normalized spacial score (nSPS) is 18.5.